The zero-order chi connectivity index (χ0) is 16.0. The summed E-state index contributed by atoms with van der Waals surface area (Å²) in [4.78, 5) is 11.3. The lowest BCUT2D eigenvalue weighted by Gasteiger charge is -2.12. The summed E-state index contributed by atoms with van der Waals surface area (Å²) in [7, 11) is 1.14. The molecule has 0 fully saturated rings. The van der Waals surface area contributed by atoms with Gasteiger partial charge in [-0.1, -0.05) is 13.3 Å². The van der Waals surface area contributed by atoms with Crippen molar-refractivity contribution in [1.82, 2.24) is 0 Å². The normalized spacial score (nSPS) is 10.8. The molecule has 0 radical (unpaired) electrons. The van der Waals surface area contributed by atoms with E-state index in [0.717, 1.165) is 13.5 Å². The molecule has 1 aromatic rings. The van der Waals surface area contributed by atoms with E-state index < -0.39 is 53.6 Å². The fourth-order valence-electron chi connectivity index (χ4n) is 1.67. The van der Waals surface area contributed by atoms with Crippen molar-refractivity contribution in [2.45, 2.75) is 39.4 Å². The quantitative estimate of drug-likeness (QED) is 0.438. The van der Waals surface area contributed by atoms with Gasteiger partial charge in [-0.2, -0.15) is 0 Å². The van der Waals surface area contributed by atoms with Crippen molar-refractivity contribution in [3.8, 4) is 0 Å². The van der Waals surface area contributed by atoms with Crippen LogP contribution in [-0.4, -0.2) is 13.1 Å². The Labute approximate surface area is 119 Å². The largest absolute Gasteiger partial charge is 0.461 e. The summed E-state index contributed by atoms with van der Waals surface area (Å²) in [6.07, 6.45) is 1.37. The number of rotatable bonds is 7. The molecule has 0 saturated heterocycles. The Bertz CT molecular complexity index is 488. The smallest absolute Gasteiger partial charge is 0.306 e. The lowest BCUT2D eigenvalue weighted by Crippen LogP contribution is -2.12. The molecule has 1 rings (SSSR count). The van der Waals surface area contributed by atoms with Crippen molar-refractivity contribution in [3.63, 3.8) is 0 Å². The van der Waals surface area contributed by atoms with Crippen LogP contribution in [0.2, 0.25) is 0 Å². The molecule has 0 N–H and O–H groups in total. The number of ether oxygens (including phenoxy) is 2. The first kappa shape index (κ1) is 17.4. The Hall–Kier alpha value is -1.63. The van der Waals surface area contributed by atoms with E-state index in [9.17, 15) is 22.4 Å². The summed E-state index contributed by atoms with van der Waals surface area (Å²) in [6, 6.07) is 0. The molecule has 21 heavy (non-hydrogen) atoms. The summed E-state index contributed by atoms with van der Waals surface area (Å²) < 4.78 is 63.7. The number of hydrogen-bond acceptors (Lipinski definition) is 3. The highest BCUT2D eigenvalue weighted by Crippen LogP contribution is 2.25. The van der Waals surface area contributed by atoms with Gasteiger partial charge in [0.15, 0.2) is 23.3 Å². The first-order chi connectivity index (χ1) is 9.93. The molecular weight excluding hydrogens is 292 g/mol. The second kappa shape index (κ2) is 7.97. The maximum absolute atomic E-state index is 13.7. The highest BCUT2D eigenvalue weighted by molar-refractivity contribution is 5.69. The highest BCUT2D eigenvalue weighted by Gasteiger charge is 2.25. The first-order valence-electron chi connectivity index (χ1n) is 6.42. The van der Waals surface area contributed by atoms with Gasteiger partial charge in [-0.25, -0.2) is 17.6 Å². The molecule has 118 valence electrons. The lowest BCUT2D eigenvalue weighted by molar-refractivity contribution is -0.145. The first-order valence-corrected chi connectivity index (χ1v) is 6.42. The molecule has 0 aliphatic rings. The summed E-state index contributed by atoms with van der Waals surface area (Å²) in [5, 5.41) is 0. The molecule has 0 saturated carbocycles. The molecular formula is C14H16F4O3. The Morgan fingerprint density at radius 1 is 0.952 bits per heavy atom. The number of methoxy groups -OCH3 is 1. The fourth-order valence-corrected chi connectivity index (χ4v) is 1.67. The minimum absolute atomic E-state index is 0.0759. The summed E-state index contributed by atoms with van der Waals surface area (Å²) in [5.41, 5.74) is -1.79. The number of carbonyl (C=O) groups excluding carboxylic acids is 1. The summed E-state index contributed by atoms with van der Waals surface area (Å²) in [6.45, 7) is 0.384. The third-order valence-corrected chi connectivity index (χ3v) is 2.85. The summed E-state index contributed by atoms with van der Waals surface area (Å²) in [5.74, 6) is -6.93. The second-order valence-electron chi connectivity index (χ2n) is 4.41. The van der Waals surface area contributed by atoms with Crippen LogP contribution < -0.4 is 0 Å². The van der Waals surface area contributed by atoms with Crippen LogP contribution in [0.15, 0.2) is 0 Å². The summed E-state index contributed by atoms with van der Waals surface area (Å²) >= 11 is 0. The van der Waals surface area contributed by atoms with E-state index in [1.807, 2.05) is 6.92 Å². The predicted molar refractivity (Wildman–Crippen MR) is 66.3 cm³/mol. The van der Waals surface area contributed by atoms with Gasteiger partial charge in [-0.15, -0.1) is 0 Å². The third kappa shape index (κ3) is 4.17. The molecule has 0 amide bonds. The lowest BCUT2D eigenvalue weighted by atomic mass is 10.1. The third-order valence-electron chi connectivity index (χ3n) is 2.85. The SMILES string of the molecule is CCCCC(=O)OCc1c(F)c(F)c(COC)c(F)c1F. The van der Waals surface area contributed by atoms with Crippen LogP contribution >= 0.6 is 0 Å². The highest BCUT2D eigenvalue weighted by atomic mass is 19.2. The van der Waals surface area contributed by atoms with E-state index in [0.29, 0.717) is 6.42 Å². The number of hydrogen-bond donors (Lipinski definition) is 0. The average molecular weight is 308 g/mol. The molecule has 0 aliphatic heterocycles. The molecule has 1 aromatic carbocycles. The van der Waals surface area contributed by atoms with E-state index >= 15 is 0 Å². The van der Waals surface area contributed by atoms with E-state index in [1.165, 1.54) is 0 Å². The monoisotopic (exact) mass is 308 g/mol. The Balaban J connectivity index is 2.96. The molecule has 0 bridgehead atoms. The molecule has 0 atom stereocenters. The van der Waals surface area contributed by atoms with Gasteiger partial charge in [0.25, 0.3) is 0 Å². The van der Waals surface area contributed by atoms with Crippen LogP contribution in [0.5, 0.6) is 0 Å². The van der Waals surface area contributed by atoms with E-state index in [-0.39, 0.29) is 6.42 Å². The maximum atomic E-state index is 13.7. The van der Waals surface area contributed by atoms with Crippen molar-refractivity contribution >= 4 is 5.97 Å². The van der Waals surface area contributed by atoms with Crippen molar-refractivity contribution in [1.29, 1.82) is 0 Å². The Morgan fingerprint density at radius 2 is 1.43 bits per heavy atom. The number of carbonyl (C=O) groups is 1. The van der Waals surface area contributed by atoms with Crippen LogP contribution in [0.3, 0.4) is 0 Å². The van der Waals surface area contributed by atoms with Crippen molar-refractivity contribution in [3.05, 3.63) is 34.4 Å². The van der Waals surface area contributed by atoms with Gasteiger partial charge >= 0.3 is 5.97 Å². The van der Waals surface area contributed by atoms with Crippen LogP contribution in [0, 0.1) is 23.3 Å². The van der Waals surface area contributed by atoms with E-state index in [4.69, 9.17) is 0 Å². The van der Waals surface area contributed by atoms with Gasteiger partial charge in [-0.3, -0.25) is 4.79 Å². The van der Waals surface area contributed by atoms with E-state index in [1.54, 1.807) is 0 Å². The van der Waals surface area contributed by atoms with Gasteiger partial charge in [0.05, 0.1) is 17.7 Å². The molecule has 0 spiro atoms. The number of benzene rings is 1. The van der Waals surface area contributed by atoms with Gasteiger partial charge in [0.1, 0.15) is 6.61 Å². The van der Waals surface area contributed by atoms with Crippen LogP contribution in [0.4, 0.5) is 17.6 Å². The van der Waals surface area contributed by atoms with Crippen molar-refractivity contribution in [2.24, 2.45) is 0 Å². The van der Waals surface area contributed by atoms with Crippen LogP contribution in [-0.2, 0) is 27.5 Å². The van der Waals surface area contributed by atoms with Gasteiger partial charge in [0.2, 0.25) is 0 Å². The predicted octanol–water partition coefficient (Wildman–Crippen LogP) is 3.62. The molecule has 0 unspecified atom stereocenters. The maximum Gasteiger partial charge on any atom is 0.306 e. The minimum atomic E-state index is -1.58. The van der Waals surface area contributed by atoms with Crippen LogP contribution in [0.1, 0.15) is 37.3 Å². The van der Waals surface area contributed by atoms with Gasteiger partial charge in [-0.05, 0) is 6.42 Å². The van der Waals surface area contributed by atoms with Crippen molar-refractivity contribution in [2.75, 3.05) is 7.11 Å². The molecule has 3 nitrogen and oxygen atoms in total. The number of halogens is 4. The Kier molecular flexibility index (Phi) is 6.61. The standard InChI is InChI=1S/C14H16F4O3/c1-3-4-5-10(19)21-7-9-13(17)11(15)8(6-20-2)12(16)14(9)18/h3-7H2,1-2H3. The zero-order valence-corrected chi connectivity index (χ0v) is 11.8. The Morgan fingerprint density at radius 3 is 1.86 bits per heavy atom. The van der Waals surface area contributed by atoms with Gasteiger partial charge < -0.3 is 9.47 Å². The average Bonchev–Trinajstić information content (AvgIpc) is 2.47. The molecule has 0 heterocycles. The minimum Gasteiger partial charge on any atom is -0.461 e. The second-order valence-corrected chi connectivity index (χ2v) is 4.41. The van der Waals surface area contributed by atoms with Gasteiger partial charge in [0, 0.05) is 13.5 Å². The van der Waals surface area contributed by atoms with Crippen molar-refractivity contribution < 1.29 is 31.8 Å². The fraction of sp³-hybridized carbons (Fsp3) is 0.500. The van der Waals surface area contributed by atoms with Crippen LogP contribution in [0.25, 0.3) is 0 Å². The molecule has 0 aliphatic carbocycles. The number of unbranched alkanes of at least 4 members (excludes halogenated alkanes) is 1. The topological polar surface area (TPSA) is 35.5 Å². The number of esters is 1. The molecule has 0 aromatic heterocycles. The zero-order valence-electron chi connectivity index (χ0n) is 11.8. The molecule has 7 heteroatoms. The van der Waals surface area contributed by atoms with E-state index in [2.05, 4.69) is 9.47 Å².